The average molecular weight is 370 g/mol. The van der Waals surface area contributed by atoms with Crippen LogP contribution in [0.2, 0.25) is 0 Å². The van der Waals surface area contributed by atoms with Crippen molar-refractivity contribution in [3.05, 3.63) is 60.4 Å². The maximum absolute atomic E-state index is 6.31. The molecule has 0 aliphatic heterocycles. The van der Waals surface area contributed by atoms with Gasteiger partial charge in [-0.05, 0) is 42.2 Å². The number of nitrogens with one attached hydrogen (secondary N) is 1. The lowest BCUT2D eigenvalue weighted by atomic mass is 10.00. The highest BCUT2D eigenvalue weighted by Gasteiger charge is 2.39. The fourth-order valence-electron chi connectivity index (χ4n) is 3.47. The molecule has 0 saturated heterocycles. The number of pyridine rings is 2. The summed E-state index contributed by atoms with van der Waals surface area (Å²) in [6.07, 6.45) is 5.77. The van der Waals surface area contributed by atoms with Crippen molar-refractivity contribution < 1.29 is 0 Å². The second-order valence-electron chi connectivity index (χ2n) is 7.67. The first-order valence-electron chi connectivity index (χ1n) is 9.42. The van der Waals surface area contributed by atoms with Crippen LogP contribution in [0.1, 0.15) is 18.4 Å². The Morgan fingerprint density at radius 1 is 1.00 bits per heavy atom. The summed E-state index contributed by atoms with van der Waals surface area (Å²) in [6, 6.07) is 14.5. The van der Waals surface area contributed by atoms with Crippen molar-refractivity contribution in [2.75, 3.05) is 19.0 Å². The van der Waals surface area contributed by atoms with Gasteiger partial charge in [-0.1, -0.05) is 24.3 Å². The van der Waals surface area contributed by atoms with E-state index in [-0.39, 0.29) is 5.54 Å². The average Bonchev–Trinajstić information content (AvgIpc) is 3.32. The Morgan fingerprint density at radius 2 is 1.79 bits per heavy atom. The van der Waals surface area contributed by atoms with Gasteiger partial charge >= 0.3 is 0 Å². The first-order chi connectivity index (χ1) is 13.5. The molecule has 1 fully saturated rings. The van der Waals surface area contributed by atoms with E-state index in [2.05, 4.69) is 44.2 Å². The topological polar surface area (TPSA) is 83.7 Å². The van der Waals surface area contributed by atoms with Crippen LogP contribution < -0.4 is 10.6 Å². The predicted molar refractivity (Wildman–Crippen MR) is 112 cm³/mol. The fraction of sp³-hybridized carbons (Fsp3) is 0.227. The maximum Gasteiger partial charge on any atom is 0.178 e. The number of anilines is 1. The molecule has 28 heavy (non-hydrogen) atoms. The number of aromatic nitrogens is 4. The fourth-order valence-corrected chi connectivity index (χ4v) is 3.47. The van der Waals surface area contributed by atoms with Crippen molar-refractivity contribution in [2.45, 2.75) is 18.4 Å². The summed E-state index contributed by atoms with van der Waals surface area (Å²) >= 11 is 0. The number of hydrogen-bond donors (Lipinski definition) is 2. The molecule has 4 aromatic rings. The highest BCUT2D eigenvalue weighted by molar-refractivity contribution is 5.91. The minimum atomic E-state index is -0.113. The van der Waals surface area contributed by atoms with E-state index in [1.54, 1.807) is 6.20 Å². The van der Waals surface area contributed by atoms with Gasteiger partial charge < -0.3 is 15.6 Å². The SMILES string of the molecule is CN(C)c1ccc(-c2nc3nccc(-c4ccc(C5(N)CC5)cc4)c3[nH]2)nc1. The third-order valence-electron chi connectivity index (χ3n) is 5.46. The lowest BCUT2D eigenvalue weighted by molar-refractivity contribution is 0.740. The van der Waals surface area contributed by atoms with Gasteiger partial charge in [0.1, 0.15) is 5.69 Å². The zero-order valence-corrected chi connectivity index (χ0v) is 16.0. The first-order valence-corrected chi connectivity index (χ1v) is 9.42. The molecule has 0 unspecified atom stereocenters. The van der Waals surface area contributed by atoms with Gasteiger partial charge in [-0.2, -0.15) is 0 Å². The van der Waals surface area contributed by atoms with Crippen LogP contribution in [-0.4, -0.2) is 34.0 Å². The Hall–Kier alpha value is -3.25. The number of rotatable bonds is 4. The van der Waals surface area contributed by atoms with Crippen molar-refractivity contribution in [1.29, 1.82) is 0 Å². The van der Waals surface area contributed by atoms with E-state index in [4.69, 9.17) is 5.73 Å². The van der Waals surface area contributed by atoms with Crippen molar-refractivity contribution in [3.63, 3.8) is 0 Å². The van der Waals surface area contributed by atoms with Crippen molar-refractivity contribution >= 4 is 16.9 Å². The number of nitrogens with zero attached hydrogens (tertiary/aromatic N) is 4. The summed E-state index contributed by atoms with van der Waals surface area (Å²) in [7, 11) is 3.99. The molecule has 1 saturated carbocycles. The minimum Gasteiger partial charge on any atom is -0.376 e. The molecule has 0 radical (unpaired) electrons. The van der Waals surface area contributed by atoms with Crippen molar-refractivity contribution in [1.82, 2.24) is 19.9 Å². The van der Waals surface area contributed by atoms with Crippen LogP contribution in [0.15, 0.2) is 54.9 Å². The molecule has 3 aromatic heterocycles. The summed E-state index contributed by atoms with van der Waals surface area (Å²) in [4.78, 5) is 19.0. The molecule has 3 heterocycles. The summed E-state index contributed by atoms with van der Waals surface area (Å²) < 4.78 is 0. The van der Waals surface area contributed by atoms with E-state index >= 15 is 0 Å². The van der Waals surface area contributed by atoms with E-state index in [0.717, 1.165) is 46.7 Å². The number of hydrogen-bond acceptors (Lipinski definition) is 5. The number of nitrogens with two attached hydrogens (primary N) is 1. The van der Waals surface area contributed by atoms with Crippen molar-refractivity contribution in [2.24, 2.45) is 5.73 Å². The van der Waals surface area contributed by atoms with Crippen molar-refractivity contribution in [3.8, 4) is 22.6 Å². The van der Waals surface area contributed by atoms with E-state index in [1.807, 2.05) is 43.4 Å². The number of H-pyrrole nitrogens is 1. The maximum atomic E-state index is 6.31. The van der Waals surface area contributed by atoms with E-state index in [1.165, 1.54) is 5.56 Å². The third-order valence-corrected chi connectivity index (χ3v) is 5.46. The lowest BCUT2D eigenvalue weighted by Crippen LogP contribution is -2.18. The second kappa shape index (κ2) is 6.14. The van der Waals surface area contributed by atoms with Gasteiger partial charge in [-0.25, -0.2) is 9.97 Å². The molecule has 0 spiro atoms. The van der Waals surface area contributed by atoms with Crippen LogP contribution in [0.5, 0.6) is 0 Å². The molecular formula is C22H22N6. The van der Waals surface area contributed by atoms with Gasteiger partial charge in [0.2, 0.25) is 0 Å². The molecule has 6 nitrogen and oxygen atoms in total. The van der Waals surface area contributed by atoms with Crippen LogP contribution in [0.25, 0.3) is 33.8 Å². The number of fused-ring (bicyclic) bond motifs is 1. The minimum absolute atomic E-state index is 0.113. The molecule has 0 bridgehead atoms. The van der Waals surface area contributed by atoms with Crippen LogP contribution >= 0.6 is 0 Å². The molecule has 0 amide bonds. The quantitative estimate of drug-likeness (QED) is 0.572. The van der Waals surface area contributed by atoms with Gasteiger partial charge in [-0.15, -0.1) is 0 Å². The molecule has 0 atom stereocenters. The molecule has 140 valence electrons. The first kappa shape index (κ1) is 16.9. The predicted octanol–water partition coefficient (Wildman–Crippen LogP) is 3.70. The number of benzene rings is 1. The van der Waals surface area contributed by atoms with Gasteiger partial charge in [0.25, 0.3) is 0 Å². The molecule has 1 aromatic carbocycles. The Labute approximate surface area is 163 Å². The zero-order valence-electron chi connectivity index (χ0n) is 16.0. The van der Waals surface area contributed by atoms with Gasteiger partial charge in [0, 0.05) is 31.4 Å². The van der Waals surface area contributed by atoms with Crippen LogP contribution in [0.3, 0.4) is 0 Å². The Kier molecular flexibility index (Phi) is 3.70. The monoisotopic (exact) mass is 370 g/mol. The van der Waals surface area contributed by atoms with E-state index in [9.17, 15) is 0 Å². The standard InChI is InChI=1S/C22H22N6/c1-28(2)16-7-8-18(25-13-16)20-26-19-17(9-12-24-21(19)27-20)14-3-5-15(6-4-14)22(23)10-11-22/h3-9,12-13H,10-11,23H2,1-2H3,(H,24,26,27). The Bertz CT molecular complexity index is 1140. The Balaban J connectivity index is 1.54. The largest absolute Gasteiger partial charge is 0.376 e. The molecule has 6 heteroatoms. The van der Waals surface area contributed by atoms with E-state index < -0.39 is 0 Å². The molecule has 1 aliphatic rings. The second-order valence-corrected chi connectivity index (χ2v) is 7.67. The number of imidazole rings is 1. The van der Waals surface area contributed by atoms with Crippen LogP contribution in [0.4, 0.5) is 5.69 Å². The van der Waals surface area contributed by atoms with Gasteiger partial charge in [-0.3, -0.25) is 4.98 Å². The smallest absolute Gasteiger partial charge is 0.178 e. The van der Waals surface area contributed by atoms with Gasteiger partial charge in [0.15, 0.2) is 11.5 Å². The van der Waals surface area contributed by atoms with Crippen LogP contribution in [-0.2, 0) is 5.54 Å². The molecule has 5 rings (SSSR count). The lowest BCUT2D eigenvalue weighted by Gasteiger charge is -2.11. The molecule has 3 N–H and O–H groups in total. The summed E-state index contributed by atoms with van der Waals surface area (Å²) in [5, 5.41) is 0. The number of aromatic amines is 1. The highest BCUT2D eigenvalue weighted by atomic mass is 15.1. The zero-order chi connectivity index (χ0) is 19.3. The molecule has 1 aliphatic carbocycles. The Morgan fingerprint density at radius 3 is 2.43 bits per heavy atom. The summed E-state index contributed by atoms with van der Waals surface area (Å²) in [5.41, 5.74) is 13.0. The van der Waals surface area contributed by atoms with Gasteiger partial charge in [0.05, 0.1) is 17.4 Å². The van der Waals surface area contributed by atoms with Crippen LogP contribution in [0, 0.1) is 0 Å². The molecular weight excluding hydrogens is 348 g/mol. The summed E-state index contributed by atoms with van der Waals surface area (Å²) in [6.45, 7) is 0. The highest BCUT2D eigenvalue weighted by Crippen LogP contribution is 2.43. The third kappa shape index (κ3) is 2.82. The summed E-state index contributed by atoms with van der Waals surface area (Å²) in [5.74, 6) is 0.718. The normalized spacial score (nSPS) is 15.0. The van der Waals surface area contributed by atoms with E-state index in [0.29, 0.717) is 5.65 Å².